The second-order valence-corrected chi connectivity index (χ2v) is 9.04. The van der Waals surface area contributed by atoms with Crippen LogP contribution in [0, 0.1) is 11.8 Å². The third-order valence-electron chi connectivity index (χ3n) is 5.68. The second-order valence-electron chi connectivity index (χ2n) is 7.59. The smallest absolute Gasteiger partial charge is 0.253 e. The molecule has 0 radical (unpaired) electrons. The maximum absolute atomic E-state index is 13.5. The van der Waals surface area contributed by atoms with Crippen molar-refractivity contribution in [3.8, 4) is 0 Å². The number of anilines is 2. The zero-order valence-corrected chi connectivity index (χ0v) is 18.0. The molecular weight excluding hydrogens is 434 g/mol. The van der Waals surface area contributed by atoms with Crippen LogP contribution >= 0.6 is 22.9 Å². The standard InChI is InChI=1S/C23H18ClN3O3S/c24-14-6-5-7-15(12-14)27(23-25-18-10-3-4-11-19(18)31-23)20(28)13-26-21(29)16-8-1-2-9-17(16)22(26)30/h1-7,10-12,16-17H,8-9,13H2/t16-,17-/m0/s1. The van der Waals surface area contributed by atoms with Crippen LogP contribution in [0.15, 0.2) is 60.7 Å². The third-order valence-corrected chi connectivity index (χ3v) is 6.94. The topological polar surface area (TPSA) is 70.6 Å². The van der Waals surface area contributed by atoms with Gasteiger partial charge in [-0.15, -0.1) is 0 Å². The summed E-state index contributed by atoms with van der Waals surface area (Å²) in [4.78, 5) is 46.3. The summed E-state index contributed by atoms with van der Waals surface area (Å²) in [7, 11) is 0. The number of hydrogen-bond acceptors (Lipinski definition) is 5. The highest BCUT2D eigenvalue weighted by atomic mass is 35.5. The number of fused-ring (bicyclic) bond motifs is 2. The SMILES string of the molecule is O=C1[C@H]2CC=CC[C@@H]2C(=O)N1CC(=O)N(c1cccc(Cl)c1)c1nc2ccccc2s1. The van der Waals surface area contributed by atoms with E-state index in [0.717, 1.165) is 15.1 Å². The quantitative estimate of drug-likeness (QED) is 0.430. The Kier molecular flexibility index (Phi) is 5.08. The van der Waals surface area contributed by atoms with Gasteiger partial charge in [-0.05, 0) is 43.2 Å². The van der Waals surface area contributed by atoms with Crippen LogP contribution < -0.4 is 4.90 Å². The number of hydrogen-bond donors (Lipinski definition) is 0. The Hall–Kier alpha value is -3.03. The Labute approximate surface area is 187 Å². The lowest BCUT2D eigenvalue weighted by Gasteiger charge is -2.23. The molecule has 0 N–H and O–H groups in total. The van der Waals surface area contributed by atoms with Crippen molar-refractivity contribution in [2.24, 2.45) is 11.8 Å². The van der Waals surface area contributed by atoms with Crippen LogP contribution in [0.25, 0.3) is 10.2 Å². The lowest BCUT2D eigenvalue weighted by molar-refractivity contribution is -0.143. The van der Waals surface area contributed by atoms with E-state index < -0.39 is 5.91 Å². The first-order valence-electron chi connectivity index (χ1n) is 9.97. The Balaban J connectivity index is 1.50. The van der Waals surface area contributed by atoms with Gasteiger partial charge in [0.25, 0.3) is 5.91 Å². The summed E-state index contributed by atoms with van der Waals surface area (Å²) in [5, 5.41) is 0.938. The lowest BCUT2D eigenvalue weighted by Crippen LogP contribution is -2.41. The van der Waals surface area contributed by atoms with E-state index in [0.29, 0.717) is 28.7 Å². The highest BCUT2D eigenvalue weighted by Crippen LogP contribution is 2.37. The van der Waals surface area contributed by atoms with E-state index in [-0.39, 0.29) is 30.2 Å². The molecule has 2 aromatic carbocycles. The molecule has 8 heteroatoms. The van der Waals surface area contributed by atoms with Crippen LogP contribution in [0.5, 0.6) is 0 Å². The molecule has 156 valence electrons. The summed E-state index contributed by atoms with van der Waals surface area (Å²) in [6, 6.07) is 14.5. The van der Waals surface area contributed by atoms with Gasteiger partial charge in [0, 0.05) is 5.02 Å². The van der Waals surface area contributed by atoms with E-state index in [1.165, 1.54) is 16.2 Å². The fourth-order valence-corrected chi connectivity index (χ4v) is 5.35. The number of aromatic nitrogens is 1. The van der Waals surface area contributed by atoms with Crippen molar-refractivity contribution in [2.75, 3.05) is 11.4 Å². The molecule has 2 heterocycles. The van der Waals surface area contributed by atoms with Gasteiger partial charge in [0.05, 0.1) is 27.7 Å². The normalized spacial score (nSPS) is 20.4. The largest absolute Gasteiger partial charge is 0.274 e. The van der Waals surface area contributed by atoms with Crippen molar-refractivity contribution in [2.45, 2.75) is 12.8 Å². The zero-order chi connectivity index (χ0) is 21.5. The molecule has 31 heavy (non-hydrogen) atoms. The maximum atomic E-state index is 13.5. The number of carbonyl (C=O) groups is 3. The molecule has 3 amide bonds. The van der Waals surface area contributed by atoms with Crippen LogP contribution in [-0.2, 0) is 14.4 Å². The number of imide groups is 1. The number of carbonyl (C=O) groups excluding carboxylic acids is 3. The Morgan fingerprint density at radius 2 is 1.77 bits per heavy atom. The van der Waals surface area contributed by atoms with Crippen LogP contribution in [0.4, 0.5) is 10.8 Å². The summed E-state index contributed by atoms with van der Waals surface area (Å²) in [6.45, 7) is -0.326. The fourth-order valence-electron chi connectivity index (χ4n) is 4.16. The highest BCUT2D eigenvalue weighted by Gasteiger charge is 2.48. The number of thiazole rings is 1. The van der Waals surface area contributed by atoms with Gasteiger partial charge in [-0.25, -0.2) is 4.98 Å². The van der Waals surface area contributed by atoms with Crippen molar-refractivity contribution in [3.05, 3.63) is 65.7 Å². The first-order valence-corrected chi connectivity index (χ1v) is 11.2. The predicted molar refractivity (Wildman–Crippen MR) is 120 cm³/mol. The van der Waals surface area contributed by atoms with Crippen molar-refractivity contribution >= 4 is 61.7 Å². The predicted octanol–water partition coefficient (Wildman–Crippen LogP) is 4.57. The zero-order valence-electron chi connectivity index (χ0n) is 16.4. The molecule has 2 aliphatic rings. The van der Waals surface area contributed by atoms with Gasteiger partial charge in [-0.1, -0.05) is 53.3 Å². The second kappa shape index (κ2) is 7.90. The molecule has 1 saturated heterocycles. The van der Waals surface area contributed by atoms with Gasteiger partial charge in [0.2, 0.25) is 11.8 Å². The van der Waals surface area contributed by atoms with E-state index in [4.69, 9.17) is 11.6 Å². The summed E-state index contributed by atoms with van der Waals surface area (Å²) in [5.41, 5.74) is 1.31. The molecule has 5 rings (SSSR count). The molecule has 0 unspecified atom stereocenters. The van der Waals surface area contributed by atoms with E-state index in [1.807, 2.05) is 36.4 Å². The number of likely N-dealkylation sites (tertiary alicyclic amines) is 1. The summed E-state index contributed by atoms with van der Waals surface area (Å²) in [5.74, 6) is -1.69. The van der Waals surface area contributed by atoms with Crippen molar-refractivity contribution in [1.29, 1.82) is 0 Å². The van der Waals surface area contributed by atoms with E-state index in [1.54, 1.807) is 24.3 Å². The first-order chi connectivity index (χ1) is 15.0. The van der Waals surface area contributed by atoms with Crippen LogP contribution in [0.2, 0.25) is 5.02 Å². The molecule has 0 bridgehead atoms. The van der Waals surface area contributed by atoms with Gasteiger partial charge in [-0.3, -0.25) is 24.2 Å². The lowest BCUT2D eigenvalue weighted by atomic mass is 9.85. The molecule has 1 fully saturated rings. The van der Waals surface area contributed by atoms with Gasteiger partial charge >= 0.3 is 0 Å². The summed E-state index contributed by atoms with van der Waals surface area (Å²) >= 11 is 7.55. The Bertz CT molecular complexity index is 1180. The maximum Gasteiger partial charge on any atom is 0.253 e. The average molecular weight is 452 g/mol. The van der Waals surface area contributed by atoms with Crippen molar-refractivity contribution < 1.29 is 14.4 Å². The average Bonchev–Trinajstić information content (AvgIpc) is 3.29. The van der Waals surface area contributed by atoms with Crippen LogP contribution in [0.1, 0.15) is 12.8 Å². The molecule has 3 aromatic rings. The molecule has 0 saturated carbocycles. The summed E-state index contributed by atoms with van der Waals surface area (Å²) < 4.78 is 0.933. The minimum Gasteiger partial charge on any atom is -0.274 e. The Morgan fingerprint density at radius 3 is 2.45 bits per heavy atom. The number of rotatable bonds is 4. The number of amides is 3. The van der Waals surface area contributed by atoms with Crippen molar-refractivity contribution in [3.63, 3.8) is 0 Å². The number of benzene rings is 2. The molecule has 6 nitrogen and oxygen atoms in total. The van der Waals surface area contributed by atoms with Crippen LogP contribution in [0.3, 0.4) is 0 Å². The van der Waals surface area contributed by atoms with Gasteiger partial charge < -0.3 is 0 Å². The number of para-hydroxylation sites is 1. The first kappa shape index (κ1) is 19.9. The van der Waals surface area contributed by atoms with E-state index >= 15 is 0 Å². The molecule has 1 aliphatic carbocycles. The van der Waals surface area contributed by atoms with E-state index in [9.17, 15) is 14.4 Å². The minimum absolute atomic E-state index is 0.275. The molecule has 1 aliphatic heterocycles. The minimum atomic E-state index is -0.408. The Morgan fingerprint density at radius 1 is 1.06 bits per heavy atom. The number of allylic oxidation sites excluding steroid dienone is 2. The molecule has 0 spiro atoms. The number of nitrogens with zero attached hydrogens (tertiary/aromatic N) is 3. The van der Waals surface area contributed by atoms with Gasteiger partial charge in [0.15, 0.2) is 5.13 Å². The molecule has 2 atom stereocenters. The molecule has 1 aromatic heterocycles. The van der Waals surface area contributed by atoms with Gasteiger partial charge in [0.1, 0.15) is 6.54 Å². The van der Waals surface area contributed by atoms with Crippen LogP contribution in [-0.4, -0.2) is 34.2 Å². The fraction of sp³-hybridized carbons (Fsp3) is 0.217. The van der Waals surface area contributed by atoms with E-state index in [2.05, 4.69) is 4.98 Å². The van der Waals surface area contributed by atoms with Crippen molar-refractivity contribution in [1.82, 2.24) is 9.88 Å². The third kappa shape index (κ3) is 3.54. The molecular formula is C23H18ClN3O3S. The summed E-state index contributed by atoms with van der Waals surface area (Å²) in [6.07, 6.45) is 4.93. The van der Waals surface area contributed by atoms with Gasteiger partial charge in [-0.2, -0.15) is 0 Å². The number of halogens is 1. The highest BCUT2D eigenvalue weighted by molar-refractivity contribution is 7.22. The monoisotopic (exact) mass is 451 g/mol.